The normalized spacial score (nSPS) is 10.4. The quantitative estimate of drug-likeness (QED) is 0.875. The van der Waals surface area contributed by atoms with Crippen LogP contribution in [0.5, 0.6) is 11.6 Å². The van der Waals surface area contributed by atoms with E-state index < -0.39 is 0 Å². The van der Waals surface area contributed by atoms with Crippen LogP contribution in [0.25, 0.3) is 0 Å². The summed E-state index contributed by atoms with van der Waals surface area (Å²) in [6.07, 6.45) is 6.84. The van der Waals surface area contributed by atoms with E-state index in [0.717, 1.165) is 24.2 Å². The van der Waals surface area contributed by atoms with Crippen molar-refractivity contribution in [3.8, 4) is 11.6 Å². The Morgan fingerprint density at radius 3 is 2.83 bits per heavy atom. The number of rotatable bonds is 5. The Balaban J connectivity index is 2.31. The van der Waals surface area contributed by atoms with Gasteiger partial charge in [0.15, 0.2) is 5.75 Å². The second-order valence-corrected chi connectivity index (χ2v) is 3.96. The zero-order valence-corrected chi connectivity index (χ0v) is 10.8. The maximum absolute atomic E-state index is 5.75. The summed E-state index contributed by atoms with van der Waals surface area (Å²) in [5.74, 6) is 2.07. The first-order chi connectivity index (χ1) is 8.74. The Morgan fingerprint density at radius 2 is 2.22 bits per heavy atom. The van der Waals surface area contributed by atoms with Gasteiger partial charge in [0.25, 0.3) is 0 Å². The average Bonchev–Trinajstić information content (AvgIpc) is 2.77. The van der Waals surface area contributed by atoms with E-state index in [0.29, 0.717) is 11.6 Å². The van der Waals surface area contributed by atoms with Crippen LogP contribution < -0.4 is 10.1 Å². The van der Waals surface area contributed by atoms with Gasteiger partial charge in [-0.2, -0.15) is 5.10 Å². The Kier molecular flexibility index (Phi) is 3.76. The fraction of sp³-hybridized carbons (Fsp3) is 0.417. The van der Waals surface area contributed by atoms with Gasteiger partial charge in [-0.05, 0) is 6.42 Å². The minimum atomic E-state index is 0.587. The first-order valence-corrected chi connectivity index (χ1v) is 5.92. The number of anilines is 1. The standard InChI is InChI=1S/C12H17N5O/c1-4-5-10-11(13-2)14-8-15-12(10)18-9-6-16-17(3)7-9/h6-8H,4-5H2,1-3H3,(H,13,14,15). The highest BCUT2D eigenvalue weighted by Crippen LogP contribution is 2.27. The van der Waals surface area contributed by atoms with E-state index >= 15 is 0 Å². The molecule has 0 aliphatic carbocycles. The number of hydrogen-bond acceptors (Lipinski definition) is 5. The SMILES string of the molecule is CCCc1c(NC)ncnc1Oc1cnn(C)c1. The molecule has 0 radical (unpaired) electrons. The maximum atomic E-state index is 5.75. The number of nitrogens with zero attached hydrogens (tertiary/aromatic N) is 4. The van der Waals surface area contributed by atoms with Crippen molar-refractivity contribution >= 4 is 5.82 Å². The molecule has 0 spiro atoms. The zero-order valence-electron chi connectivity index (χ0n) is 10.8. The lowest BCUT2D eigenvalue weighted by atomic mass is 10.2. The molecule has 0 aliphatic rings. The van der Waals surface area contributed by atoms with Gasteiger partial charge in [-0.15, -0.1) is 0 Å². The largest absolute Gasteiger partial charge is 0.435 e. The molecule has 1 N–H and O–H groups in total. The number of aryl methyl sites for hydroxylation is 1. The van der Waals surface area contributed by atoms with Gasteiger partial charge in [0.1, 0.15) is 12.1 Å². The summed E-state index contributed by atoms with van der Waals surface area (Å²) in [4.78, 5) is 8.40. The molecular formula is C12H17N5O. The molecule has 6 heteroatoms. The molecule has 96 valence electrons. The molecule has 0 amide bonds. The van der Waals surface area contributed by atoms with E-state index in [1.807, 2.05) is 14.1 Å². The van der Waals surface area contributed by atoms with Crippen LogP contribution in [0.2, 0.25) is 0 Å². The van der Waals surface area contributed by atoms with E-state index in [1.165, 1.54) is 6.33 Å². The van der Waals surface area contributed by atoms with Gasteiger partial charge in [-0.1, -0.05) is 13.3 Å². The number of nitrogens with one attached hydrogen (secondary N) is 1. The van der Waals surface area contributed by atoms with E-state index in [-0.39, 0.29) is 0 Å². The Morgan fingerprint density at radius 1 is 1.39 bits per heavy atom. The van der Waals surface area contributed by atoms with E-state index in [2.05, 4.69) is 27.3 Å². The molecular weight excluding hydrogens is 230 g/mol. The van der Waals surface area contributed by atoms with Crippen molar-refractivity contribution in [2.24, 2.45) is 7.05 Å². The van der Waals surface area contributed by atoms with Crippen LogP contribution in [-0.4, -0.2) is 26.8 Å². The highest BCUT2D eigenvalue weighted by molar-refractivity contribution is 5.49. The number of hydrogen-bond donors (Lipinski definition) is 1. The van der Waals surface area contributed by atoms with E-state index in [1.54, 1.807) is 17.1 Å². The third-order valence-electron chi connectivity index (χ3n) is 2.54. The lowest BCUT2D eigenvalue weighted by molar-refractivity contribution is 0.454. The van der Waals surface area contributed by atoms with Crippen LogP contribution in [0.4, 0.5) is 5.82 Å². The molecule has 0 bridgehead atoms. The molecule has 2 rings (SSSR count). The highest BCUT2D eigenvalue weighted by atomic mass is 16.5. The highest BCUT2D eigenvalue weighted by Gasteiger charge is 2.12. The molecule has 2 heterocycles. The predicted octanol–water partition coefficient (Wildman–Crippen LogP) is 2.00. The molecule has 0 atom stereocenters. The van der Waals surface area contributed by atoms with Crippen molar-refractivity contribution < 1.29 is 4.74 Å². The fourth-order valence-electron chi connectivity index (χ4n) is 1.74. The molecule has 18 heavy (non-hydrogen) atoms. The van der Waals surface area contributed by atoms with Crippen molar-refractivity contribution in [3.63, 3.8) is 0 Å². The molecule has 0 saturated carbocycles. The zero-order chi connectivity index (χ0) is 13.0. The van der Waals surface area contributed by atoms with E-state index in [4.69, 9.17) is 4.74 Å². The Labute approximate surface area is 106 Å². The fourth-order valence-corrected chi connectivity index (χ4v) is 1.74. The maximum Gasteiger partial charge on any atom is 0.227 e. The van der Waals surface area contributed by atoms with Crippen molar-refractivity contribution in [3.05, 3.63) is 24.3 Å². The molecule has 0 saturated heterocycles. The van der Waals surface area contributed by atoms with Crippen LogP contribution in [0.1, 0.15) is 18.9 Å². The van der Waals surface area contributed by atoms with Crippen molar-refractivity contribution in [2.45, 2.75) is 19.8 Å². The van der Waals surface area contributed by atoms with Crippen LogP contribution >= 0.6 is 0 Å². The Bertz CT molecular complexity index is 523. The van der Waals surface area contributed by atoms with Gasteiger partial charge in [-0.3, -0.25) is 4.68 Å². The number of aromatic nitrogens is 4. The lowest BCUT2D eigenvalue weighted by Crippen LogP contribution is -2.03. The predicted molar refractivity (Wildman–Crippen MR) is 68.9 cm³/mol. The molecule has 2 aromatic heterocycles. The second-order valence-electron chi connectivity index (χ2n) is 3.96. The van der Waals surface area contributed by atoms with Crippen LogP contribution in [0, 0.1) is 0 Å². The molecule has 0 aromatic carbocycles. The summed E-state index contributed by atoms with van der Waals surface area (Å²) in [6.45, 7) is 2.11. The minimum absolute atomic E-state index is 0.587. The average molecular weight is 247 g/mol. The molecule has 0 unspecified atom stereocenters. The summed E-state index contributed by atoms with van der Waals surface area (Å²) in [6, 6.07) is 0. The van der Waals surface area contributed by atoms with Crippen molar-refractivity contribution in [2.75, 3.05) is 12.4 Å². The third-order valence-corrected chi connectivity index (χ3v) is 2.54. The van der Waals surface area contributed by atoms with Crippen molar-refractivity contribution in [1.29, 1.82) is 0 Å². The summed E-state index contributed by atoms with van der Waals surface area (Å²) in [5, 5.41) is 7.12. The molecule has 0 aliphatic heterocycles. The van der Waals surface area contributed by atoms with Gasteiger partial charge in [0.2, 0.25) is 5.88 Å². The molecule has 6 nitrogen and oxygen atoms in total. The van der Waals surface area contributed by atoms with Crippen LogP contribution in [-0.2, 0) is 13.5 Å². The van der Waals surface area contributed by atoms with Gasteiger partial charge >= 0.3 is 0 Å². The van der Waals surface area contributed by atoms with Crippen molar-refractivity contribution in [1.82, 2.24) is 19.7 Å². The van der Waals surface area contributed by atoms with Crippen LogP contribution in [0.15, 0.2) is 18.7 Å². The number of ether oxygens (including phenoxy) is 1. The monoisotopic (exact) mass is 247 g/mol. The smallest absolute Gasteiger partial charge is 0.227 e. The molecule has 0 fully saturated rings. The van der Waals surface area contributed by atoms with Gasteiger partial charge in [0.05, 0.1) is 18.0 Å². The van der Waals surface area contributed by atoms with Gasteiger partial charge < -0.3 is 10.1 Å². The third kappa shape index (κ3) is 2.58. The lowest BCUT2D eigenvalue weighted by Gasteiger charge is -2.11. The van der Waals surface area contributed by atoms with Gasteiger partial charge in [0, 0.05) is 14.1 Å². The van der Waals surface area contributed by atoms with E-state index in [9.17, 15) is 0 Å². The minimum Gasteiger partial charge on any atom is -0.435 e. The summed E-state index contributed by atoms with van der Waals surface area (Å²) >= 11 is 0. The summed E-state index contributed by atoms with van der Waals surface area (Å²) in [5.41, 5.74) is 0.992. The molecule has 2 aromatic rings. The van der Waals surface area contributed by atoms with Gasteiger partial charge in [-0.25, -0.2) is 9.97 Å². The summed E-state index contributed by atoms with van der Waals surface area (Å²) < 4.78 is 7.44. The second kappa shape index (κ2) is 5.48. The Hall–Kier alpha value is -2.11. The summed E-state index contributed by atoms with van der Waals surface area (Å²) in [7, 11) is 3.69. The first-order valence-electron chi connectivity index (χ1n) is 5.92. The topological polar surface area (TPSA) is 64.9 Å². The first kappa shape index (κ1) is 12.3. The van der Waals surface area contributed by atoms with Crippen LogP contribution in [0.3, 0.4) is 0 Å².